The monoisotopic (exact) mass is 347 g/mol. The van der Waals surface area contributed by atoms with E-state index in [9.17, 15) is 4.21 Å². The van der Waals surface area contributed by atoms with Crippen molar-refractivity contribution in [3.8, 4) is 0 Å². The summed E-state index contributed by atoms with van der Waals surface area (Å²) in [5, 5.41) is 3.42. The van der Waals surface area contributed by atoms with Gasteiger partial charge >= 0.3 is 0 Å². The number of likely N-dealkylation sites (tertiary alicyclic amines) is 1. The van der Waals surface area contributed by atoms with Gasteiger partial charge in [0, 0.05) is 30.3 Å². The largest absolute Gasteiger partial charge is 0.357 e. The molecular weight excluding hydrogens is 318 g/mol. The summed E-state index contributed by atoms with van der Waals surface area (Å²) in [6, 6.07) is 9.68. The van der Waals surface area contributed by atoms with Gasteiger partial charge in [0.05, 0.1) is 17.3 Å². The zero-order chi connectivity index (χ0) is 16.8. The molecule has 2 aliphatic rings. The van der Waals surface area contributed by atoms with Crippen molar-refractivity contribution in [2.75, 3.05) is 31.9 Å². The van der Waals surface area contributed by atoms with E-state index < -0.39 is 10.8 Å². The summed E-state index contributed by atoms with van der Waals surface area (Å²) in [4.78, 5) is 8.08. The van der Waals surface area contributed by atoms with Crippen LogP contribution in [0, 0.1) is 11.8 Å². The average Bonchev–Trinajstić information content (AvgIpc) is 3.05. The topological polar surface area (TPSA) is 44.7 Å². The van der Waals surface area contributed by atoms with E-state index in [0.29, 0.717) is 12.3 Å². The van der Waals surface area contributed by atoms with E-state index >= 15 is 0 Å². The van der Waals surface area contributed by atoms with Crippen molar-refractivity contribution >= 4 is 16.8 Å². The minimum atomic E-state index is -0.966. The summed E-state index contributed by atoms with van der Waals surface area (Å²) < 4.78 is 12.3. The molecule has 1 saturated carbocycles. The Bertz CT molecular complexity index is 561. The van der Waals surface area contributed by atoms with Crippen molar-refractivity contribution in [2.24, 2.45) is 16.8 Å². The first kappa shape index (κ1) is 17.5. The van der Waals surface area contributed by atoms with Crippen LogP contribution >= 0.6 is 0 Å². The van der Waals surface area contributed by atoms with Gasteiger partial charge < -0.3 is 10.2 Å². The molecule has 1 heterocycles. The lowest BCUT2D eigenvalue weighted by molar-refractivity contribution is 0.299. The molecular formula is C19H29N3OS. The SMILES string of the molecule is CCNC(=NCCS(=O)c1ccccc1)N1CC2CCCCC2C1. The van der Waals surface area contributed by atoms with Crippen LogP contribution in [0.3, 0.4) is 0 Å². The van der Waals surface area contributed by atoms with Crippen molar-refractivity contribution in [2.45, 2.75) is 37.5 Å². The number of guanidine groups is 1. The van der Waals surface area contributed by atoms with Crippen LogP contribution in [0.5, 0.6) is 0 Å². The Morgan fingerprint density at radius 3 is 2.50 bits per heavy atom. The fraction of sp³-hybridized carbons (Fsp3) is 0.632. The molecule has 0 radical (unpaired) electrons. The molecule has 24 heavy (non-hydrogen) atoms. The van der Waals surface area contributed by atoms with Crippen LogP contribution in [0.4, 0.5) is 0 Å². The first-order valence-electron chi connectivity index (χ1n) is 9.24. The molecule has 0 spiro atoms. The lowest BCUT2D eigenvalue weighted by Crippen LogP contribution is -2.40. The van der Waals surface area contributed by atoms with Crippen molar-refractivity contribution in [1.29, 1.82) is 0 Å². The molecule has 3 rings (SSSR count). The molecule has 0 amide bonds. The van der Waals surface area contributed by atoms with E-state index in [4.69, 9.17) is 4.99 Å². The van der Waals surface area contributed by atoms with Gasteiger partial charge in [-0.3, -0.25) is 9.20 Å². The van der Waals surface area contributed by atoms with Crippen LogP contribution in [-0.4, -0.2) is 47.0 Å². The molecule has 1 N–H and O–H groups in total. The summed E-state index contributed by atoms with van der Waals surface area (Å²) >= 11 is 0. The molecule has 3 unspecified atom stereocenters. The van der Waals surface area contributed by atoms with Gasteiger partial charge in [-0.25, -0.2) is 0 Å². The second-order valence-electron chi connectivity index (χ2n) is 6.81. The predicted molar refractivity (Wildman–Crippen MR) is 101 cm³/mol. The predicted octanol–water partition coefficient (Wildman–Crippen LogP) is 2.88. The summed E-state index contributed by atoms with van der Waals surface area (Å²) in [5.41, 5.74) is 0. The zero-order valence-corrected chi connectivity index (χ0v) is 15.4. The van der Waals surface area contributed by atoms with Crippen LogP contribution in [0.25, 0.3) is 0 Å². The first-order chi connectivity index (χ1) is 11.8. The maximum absolute atomic E-state index is 12.3. The Balaban J connectivity index is 1.57. The van der Waals surface area contributed by atoms with Gasteiger partial charge in [0.15, 0.2) is 5.96 Å². The summed E-state index contributed by atoms with van der Waals surface area (Å²) in [6.07, 6.45) is 5.52. The van der Waals surface area contributed by atoms with Gasteiger partial charge in [0.1, 0.15) is 0 Å². The van der Waals surface area contributed by atoms with E-state index in [0.717, 1.165) is 42.3 Å². The van der Waals surface area contributed by atoms with Crippen LogP contribution in [0.1, 0.15) is 32.6 Å². The van der Waals surface area contributed by atoms with Crippen molar-refractivity contribution in [3.63, 3.8) is 0 Å². The third-order valence-corrected chi connectivity index (χ3v) is 6.51. The van der Waals surface area contributed by atoms with Crippen LogP contribution < -0.4 is 5.32 Å². The molecule has 1 aromatic carbocycles. The maximum Gasteiger partial charge on any atom is 0.193 e. The molecule has 132 valence electrons. The maximum atomic E-state index is 12.3. The number of nitrogens with one attached hydrogen (secondary N) is 1. The fourth-order valence-corrected chi connectivity index (χ4v) is 4.88. The first-order valence-corrected chi connectivity index (χ1v) is 10.6. The van der Waals surface area contributed by atoms with E-state index in [-0.39, 0.29) is 0 Å². The fourth-order valence-electron chi connectivity index (χ4n) is 3.93. The Morgan fingerprint density at radius 1 is 1.21 bits per heavy atom. The minimum Gasteiger partial charge on any atom is -0.357 e. The molecule has 5 heteroatoms. The van der Waals surface area contributed by atoms with Crippen LogP contribution in [0.15, 0.2) is 40.2 Å². The van der Waals surface area contributed by atoms with Crippen molar-refractivity contribution < 1.29 is 4.21 Å². The van der Waals surface area contributed by atoms with Gasteiger partial charge in [0.2, 0.25) is 0 Å². The molecule has 1 aliphatic heterocycles. The summed E-state index contributed by atoms with van der Waals surface area (Å²) in [7, 11) is -0.966. The number of hydrogen-bond acceptors (Lipinski definition) is 2. The highest BCUT2D eigenvalue weighted by Gasteiger charge is 2.35. The highest BCUT2D eigenvalue weighted by Crippen LogP contribution is 2.35. The second kappa shape index (κ2) is 8.65. The van der Waals surface area contributed by atoms with Crippen molar-refractivity contribution in [3.05, 3.63) is 30.3 Å². The lowest BCUT2D eigenvalue weighted by Gasteiger charge is -2.22. The van der Waals surface area contributed by atoms with Gasteiger partial charge in [-0.2, -0.15) is 0 Å². The lowest BCUT2D eigenvalue weighted by atomic mass is 9.82. The van der Waals surface area contributed by atoms with Gasteiger partial charge in [-0.05, 0) is 43.7 Å². The van der Waals surface area contributed by atoms with E-state index in [1.54, 1.807) is 0 Å². The van der Waals surface area contributed by atoms with E-state index in [2.05, 4.69) is 17.1 Å². The third kappa shape index (κ3) is 4.38. The highest BCUT2D eigenvalue weighted by molar-refractivity contribution is 7.85. The number of nitrogens with zero attached hydrogens (tertiary/aromatic N) is 2. The van der Waals surface area contributed by atoms with Gasteiger partial charge in [0.25, 0.3) is 0 Å². The van der Waals surface area contributed by atoms with E-state index in [1.807, 2.05) is 30.3 Å². The molecule has 1 aliphatic carbocycles. The Kier molecular flexibility index (Phi) is 6.30. The Hall–Kier alpha value is -1.36. The molecule has 0 bridgehead atoms. The number of fused-ring (bicyclic) bond motifs is 1. The normalized spacial score (nSPS) is 25.4. The van der Waals surface area contributed by atoms with Crippen LogP contribution in [-0.2, 0) is 10.8 Å². The molecule has 2 fully saturated rings. The number of rotatable bonds is 5. The standard InChI is InChI=1S/C19H29N3OS/c1-2-20-19(22-14-16-8-6-7-9-17(16)15-22)21-12-13-24(23)18-10-4-3-5-11-18/h3-5,10-11,16-17H,2,6-9,12-15H2,1H3,(H,20,21). The van der Waals surface area contributed by atoms with Crippen LogP contribution in [0.2, 0.25) is 0 Å². The number of aliphatic imine (C=N–C) groups is 1. The number of benzene rings is 1. The number of hydrogen-bond donors (Lipinski definition) is 1. The molecule has 1 saturated heterocycles. The molecule has 3 atom stereocenters. The smallest absolute Gasteiger partial charge is 0.193 e. The Labute approximate surface area is 148 Å². The zero-order valence-electron chi connectivity index (χ0n) is 14.6. The minimum absolute atomic E-state index is 0.583. The molecule has 4 nitrogen and oxygen atoms in total. The summed E-state index contributed by atoms with van der Waals surface area (Å²) in [5.74, 6) is 3.29. The molecule has 1 aromatic rings. The van der Waals surface area contributed by atoms with E-state index in [1.165, 1.54) is 25.7 Å². The average molecular weight is 348 g/mol. The third-order valence-electron chi connectivity index (χ3n) is 5.16. The highest BCUT2D eigenvalue weighted by atomic mass is 32.2. The Morgan fingerprint density at radius 2 is 1.88 bits per heavy atom. The molecule has 0 aromatic heterocycles. The quantitative estimate of drug-likeness (QED) is 0.658. The second-order valence-corrected chi connectivity index (χ2v) is 8.38. The van der Waals surface area contributed by atoms with Crippen molar-refractivity contribution in [1.82, 2.24) is 10.2 Å². The van der Waals surface area contributed by atoms with Gasteiger partial charge in [-0.1, -0.05) is 31.0 Å². The summed E-state index contributed by atoms with van der Waals surface area (Å²) in [6.45, 7) is 5.87. The van der Waals surface area contributed by atoms with Gasteiger partial charge in [-0.15, -0.1) is 0 Å².